The van der Waals surface area contributed by atoms with E-state index in [9.17, 15) is 4.79 Å². The van der Waals surface area contributed by atoms with Crippen LogP contribution in [0.25, 0.3) is 0 Å². The quantitative estimate of drug-likeness (QED) is 0.432. The lowest BCUT2D eigenvalue weighted by Crippen LogP contribution is -2.14. The maximum absolute atomic E-state index is 12.2. The van der Waals surface area contributed by atoms with E-state index in [-0.39, 0.29) is 11.7 Å². The van der Waals surface area contributed by atoms with E-state index in [2.05, 4.69) is 15.5 Å². The number of benzene rings is 2. The maximum Gasteiger partial charge on any atom is 0.234 e. The SMILES string of the molecule is COc1ccc(NC(=O)CSc2nnc(SCc3ccc(Cl)cc3)s2)cc1OC. The molecule has 1 heterocycles. The number of carbonyl (C=O) groups excluding carboxylic acids is 1. The van der Waals surface area contributed by atoms with Crippen LogP contribution in [-0.4, -0.2) is 36.1 Å². The molecule has 0 aliphatic rings. The number of anilines is 1. The van der Waals surface area contributed by atoms with Crippen LogP contribution >= 0.6 is 46.5 Å². The molecule has 0 saturated carbocycles. The van der Waals surface area contributed by atoms with Crippen LogP contribution in [-0.2, 0) is 10.5 Å². The van der Waals surface area contributed by atoms with Crippen LogP contribution in [0.1, 0.15) is 5.56 Å². The van der Waals surface area contributed by atoms with Gasteiger partial charge in [0.2, 0.25) is 5.91 Å². The van der Waals surface area contributed by atoms with Gasteiger partial charge in [-0.3, -0.25) is 4.79 Å². The fourth-order valence-corrected chi connectivity index (χ4v) is 5.18. The molecule has 6 nitrogen and oxygen atoms in total. The van der Waals surface area contributed by atoms with Crippen LogP contribution < -0.4 is 14.8 Å². The molecule has 0 saturated heterocycles. The summed E-state index contributed by atoms with van der Waals surface area (Å²) in [5, 5.41) is 11.9. The number of nitrogens with zero attached hydrogens (tertiary/aromatic N) is 2. The molecule has 0 fully saturated rings. The molecule has 29 heavy (non-hydrogen) atoms. The summed E-state index contributed by atoms with van der Waals surface area (Å²) in [7, 11) is 3.12. The highest BCUT2D eigenvalue weighted by atomic mass is 35.5. The Bertz CT molecular complexity index is 967. The van der Waals surface area contributed by atoms with E-state index in [1.165, 1.54) is 23.1 Å². The van der Waals surface area contributed by atoms with Crippen molar-refractivity contribution in [3.63, 3.8) is 0 Å². The number of nitrogens with one attached hydrogen (secondary N) is 1. The molecule has 3 rings (SSSR count). The summed E-state index contributed by atoms with van der Waals surface area (Å²) < 4.78 is 12.1. The highest BCUT2D eigenvalue weighted by Gasteiger charge is 2.11. The van der Waals surface area contributed by atoms with Gasteiger partial charge in [-0.1, -0.05) is 58.6 Å². The van der Waals surface area contributed by atoms with Crippen LogP contribution in [0.2, 0.25) is 5.02 Å². The number of ether oxygens (including phenoxy) is 2. The third-order valence-corrected chi connectivity index (χ3v) is 7.17. The van der Waals surface area contributed by atoms with Crippen LogP contribution in [0, 0.1) is 0 Å². The Morgan fingerprint density at radius 3 is 2.41 bits per heavy atom. The molecule has 0 bridgehead atoms. The van der Waals surface area contributed by atoms with Gasteiger partial charge in [0.05, 0.1) is 20.0 Å². The molecule has 0 radical (unpaired) electrons. The Balaban J connectivity index is 1.47. The van der Waals surface area contributed by atoms with E-state index in [1.807, 2.05) is 24.3 Å². The molecule has 0 aliphatic carbocycles. The summed E-state index contributed by atoms with van der Waals surface area (Å²) in [6.07, 6.45) is 0. The van der Waals surface area contributed by atoms with Gasteiger partial charge >= 0.3 is 0 Å². The summed E-state index contributed by atoms with van der Waals surface area (Å²) in [4.78, 5) is 12.2. The Labute approximate surface area is 186 Å². The molecule has 1 amide bonds. The largest absolute Gasteiger partial charge is 0.493 e. The van der Waals surface area contributed by atoms with E-state index in [4.69, 9.17) is 21.1 Å². The standard InChI is InChI=1S/C19H18ClN3O3S3/c1-25-15-8-7-14(9-16(15)26-2)21-17(24)11-28-19-23-22-18(29-19)27-10-12-3-5-13(20)6-4-12/h3-9H,10-11H2,1-2H3,(H,21,24). The number of rotatable bonds is 9. The predicted molar refractivity (Wildman–Crippen MR) is 120 cm³/mol. The molecule has 0 unspecified atom stereocenters. The molecule has 0 atom stereocenters. The van der Waals surface area contributed by atoms with Gasteiger partial charge in [-0.15, -0.1) is 10.2 Å². The number of halogens is 1. The zero-order valence-corrected chi connectivity index (χ0v) is 18.9. The van der Waals surface area contributed by atoms with Crippen molar-refractivity contribution >= 4 is 58.1 Å². The summed E-state index contributed by atoms with van der Waals surface area (Å²) in [5.74, 6) is 2.07. The first-order chi connectivity index (χ1) is 14.1. The lowest BCUT2D eigenvalue weighted by atomic mass is 10.2. The van der Waals surface area contributed by atoms with Gasteiger partial charge in [0, 0.05) is 22.5 Å². The lowest BCUT2D eigenvalue weighted by Gasteiger charge is -2.10. The number of carbonyl (C=O) groups is 1. The topological polar surface area (TPSA) is 73.3 Å². The van der Waals surface area contributed by atoms with E-state index in [0.29, 0.717) is 17.2 Å². The summed E-state index contributed by atoms with van der Waals surface area (Å²) in [5.41, 5.74) is 1.81. The van der Waals surface area contributed by atoms with E-state index >= 15 is 0 Å². The molecule has 152 valence electrons. The van der Waals surface area contributed by atoms with Crippen molar-refractivity contribution in [2.75, 3.05) is 25.3 Å². The number of amides is 1. The third kappa shape index (κ3) is 6.53. The molecule has 10 heteroatoms. The average Bonchev–Trinajstić information content (AvgIpc) is 3.19. The van der Waals surface area contributed by atoms with Crippen molar-refractivity contribution in [1.82, 2.24) is 10.2 Å². The first-order valence-corrected chi connectivity index (χ1v) is 11.6. The second-order valence-electron chi connectivity index (χ2n) is 5.66. The third-order valence-electron chi connectivity index (χ3n) is 3.66. The molecule has 2 aromatic carbocycles. The van der Waals surface area contributed by atoms with Crippen molar-refractivity contribution in [2.24, 2.45) is 0 Å². The second kappa shape index (κ2) is 10.7. The minimum atomic E-state index is -0.132. The monoisotopic (exact) mass is 467 g/mol. The smallest absolute Gasteiger partial charge is 0.234 e. The summed E-state index contributed by atoms with van der Waals surface area (Å²) in [6, 6.07) is 13.0. The first-order valence-electron chi connectivity index (χ1n) is 8.43. The van der Waals surface area contributed by atoms with Crippen LogP contribution in [0.15, 0.2) is 51.1 Å². The van der Waals surface area contributed by atoms with Crippen molar-refractivity contribution in [1.29, 1.82) is 0 Å². The molecule has 0 aliphatic heterocycles. The zero-order chi connectivity index (χ0) is 20.6. The van der Waals surface area contributed by atoms with Crippen LogP contribution in [0.5, 0.6) is 11.5 Å². The van der Waals surface area contributed by atoms with E-state index < -0.39 is 0 Å². The molecule has 1 N–H and O–H groups in total. The fraction of sp³-hybridized carbons (Fsp3) is 0.211. The van der Waals surface area contributed by atoms with E-state index in [0.717, 1.165) is 25.0 Å². The number of thioether (sulfide) groups is 2. The summed E-state index contributed by atoms with van der Waals surface area (Å²) >= 11 is 10.3. The second-order valence-corrected chi connectivity index (χ2v) is 9.51. The van der Waals surface area contributed by atoms with Gasteiger partial charge in [0.1, 0.15) is 0 Å². The fourth-order valence-electron chi connectivity index (χ4n) is 2.28. The van der Waals surface area contributed by atoms with Gasteiger partial charge < -0.3 is 14.8 Å². The van der Waals surface area contributed by atoms with Gasteiger partial charge in [-0.05, 0) is 29.8 Å². The Morgan fingerprint density at radius 2 is 1.72 bits per heavy atom. The number of aromatic nitrogens is 2. The van der Waals surface area contributed by atoms with Gasteiger partial charge in [-0.2, -0.15) is 0 Å². The van der Waals surface area contributed by atoms with Gasteiger partial charge in [0.25, 0.3) is 0 Å². The number of methoxy groups -OCH3 is 2. The average molecular weight is 468 g/mol. The highest BCUT2D eigenvalue weighted by Crippen LogP contribution is 2.32. The highest BCUT2D eigenvalue weighted by molar-refractivity contribution is 8.03. The van der Waals surface area contributed by atoms with Crippen molar-refractivity contribution in [2.45, 2.75) is 14.4 Å². The number of hydrogen-bond donors (Lipinski definition) is 1. The van der Waals surface area contributed by atoms with Gasteiger partial charge in [-0.25, -0.2) is 0 Å². The Kier molecular flexibility index (Phi) is 8.05. The Hall–Kier alpha value is -1.94. The minimum absolute atomic E-state index is 0.132. The molecule has 3 aromatic rings. The van der Waals surface area contributed by atoms with Crippen molar-refractivity contribution < 1.29 is 14.3 Å². The molecule has 1 aromatic heterocycles. The van der Waals surface area contributed by atoms with Crippen molar-refractivity contribution in [3.05, 3.63) is 53.1 Å². The maximum atomic E-state index is 12.2. The Morgan fingerprint density at radius 1 is 1.03 bits per heavy atom. The zero-order valence-electron chi connectivity index (χ0n) is 15.7. The minimum Gasteiger partial charge on any atom is -0.493 e. The molecular weight excluding hydrogens is 450 g/mol. The number of hydrogen-bond acceptors (Lipinski definition) is 8. The molecular formula is C19H18ClN3O3S3. The van der Waals surface area contributed by atoms with Crippen LogP contribution in [0.4, 0.5) is 5.69 Å². The van der Waals surface area contributed by atoms with Crippen LogP contribution in [0.3, 0.4) is 0 Å². The summed E-state index contributed by atoms with van der Waals surface area (Å²) in [6.45, 7) is 0. The predicted octanol–water partition coefficient (Wildman–Crippen LogP) is 5.23. The lowest BCUT2D eigenvalue weighted by molar-refractivity contribution is -0.113. The first kappa shape index (κ1) is 21.8. The molecule has 0 spiro atoms. The van der Waals surface area contributed by atoms with Gasteiger partial charge in [0.15, 0.2) is 20.2 Å². The normalized spacial score (nSPS) is 10.6. The van der Waals surface area contributed by atoms with E-state index in [1.54, 1.807) is 44.2 Å². The van der Waals surface area contributed by atoms with Crippen molar-refractivity contribution in [3.8, 4) is 11.5 Å².